The van der Waals surface area contributed by atoms with Gasteiger partial charge in [-0.1, -0.05) is 0 Å². The Kier molecular flexibility index (Phi) is 5.65. The molecule has 0 aliphatic carbocycles. The second kappa shape index (κ2) is 6.94. The zero-order chi connectivity index (χ0) is 18.7. The van der Waals surface area contributed by atoms with E-state index in [-0.39, 0.29) is 11.4 Å². The van der Waals surface area contributed by atoms with Gasteiger partial charge in [0.2, 0.25) is 0 Å². The Morgan fingerprint density at radius 2 is 1.50 bits per heavy atom. The summed E-state index contributed by atoms with van der Waals surface area (Å²) in [6.07, 6.45) is 0.983. The lowest BCUT2D eigenvalue weighted by Gasteiger charge is -2.26. The molecule has 8 heteroatoms. The molecule has 0 unspecified atom stereocenters. The van der Waals surface area contributed by atoms with Gasteiger partial charge in [-0.2, -0.15) is 0 Å². The SMILES string of the molecule is CC(C)(C)OC(=O)C(C(=O)OC(C)(C)C)c1ccc([N+](=O)[O-])cn1. The van der Waals surface area contributed by atoms with Crippen LogP contribution in [0.1, 0.15) is 53.2 Å². The fourth-order valence-electron chi connectivity index (χ4n) is 1.74. The van der Waals surface area contributed by atoms with Crippen molar-refractivity contribution in [2.24, 2.45) is 0 Å². The maximum Gasteiger partial charge on any atom is 0.327 e. The third-order valence-corrected chi connectivity index (χ3v) is 2.56. The maximum atomic E-state index is 12.4. The fourth-order valence-corrected chi connectivity index (χ4v) is 1.74. The molecule has 0 aromatic carbocycles. The van der Waals surface area contributed by atoms with Crippen LogP contribution in [0.2, 0.25) is 0 Å². The van der Waals surface area contributed by atoms with Gasteiger partial charge in [-0.15, -0.1) is 0 Å². The van der Waals surface area contributed by atoms with E-state index < -0.39 is 34.0 Å². The predicted octanol–water partition coefficient (Wildman–Crippen LogP) is 2.76. The summed E-state index contributed by atoms with van der Waals surface area (Å²) >= 11 is 0. The van der Waals surface area contributed by atoms with Gasteiger partial charge in [0.25, 0.3) is 5.69 Å². The Morgan fingerprint density at radius 1 is 1.04 bits per heavy atom. The highest BCUT2D eigenvalue weighted by Crippen LogP contribution is 2.24. The first-order chi connectivity index (χ1) is 10.8. The average molecular weight is 338 g/mol. The molecule has 0 N–H and O–H groups in total. The van der Waals surface area contributed by atoms with Crippen molar-refractivity contribution in [2.75, 3.05) is 0 Å². The summed E-state index contributed by atoms with van der Waals surface area (Å²) in [6.45, 7) is 10.0. The van der Waals surface area contributed by atoms with Gasteiger partial charge in [0.1, 0.15) is 17.4 Å². The van der Waals surface area contributed by atoms with Crippen LogP contribution in [-0.2, 0) is 19.1 Å². The van der Waals surface area contributed by atoms with E-state index in [4.69, 9.17) is 9.47 Å². The van der Waals surface area contributed by atoms with E-state index in [0.717, 1.165) is 6.20 Å². The van der Waals surface area contributed by atoms with Crippen LogP contribution >= 0.6 is 0 Å². The molecule has 0 aliphatic heterocycles. The van der Waals surface area contributed by atoms with Gasteiger partial charge in [-0.25, -0.2) is 0 Å². The molecule has 1 heterocycles. The van der Waals surface area contributed by atoms with E-state index in [0.29, 0.717) is 0 Å². The van der Waals surface area contributed by atoms with Gasteiger partial charge in [-0.3, -0.25) is 24.7 Å². The molecule has 0 saturated heterocycles. The lowest BCUT2D eigenvalue weighted by atomic mass is 10.0. The highest BCUT2D eigenvalue weighted by Gasteiger charge is 2.37. The number of hydrogen-bond donors (Lipinski definition) is 0. The lowest BCUT2D eigenvalue weighted by molar-refractivity contribution is -0.385. The Hall–Kier alpha value is -2.51. The molecule has 0 bridgehead atoms. The van der Waals surface area contributed by atoms with Crippen LogP contribution in [0.3, 0.4) is 0 Å². The zero-order valence-electron chi connectivity index (χ0n) is 14.7. The van der Waals surface area contributed by atoms with E-state index in [2.05, 4.69) is 4.98 Å². The minimum atomic E-state index is -1.41. The normalized spacial score (nSPS) is 12.0. The number of hydrogen-bond acceptors (Lipinski definition) is 7. The van der Waals surface area contributed by atoms with Gasteiger partial charge in [0.15, 0.2) is 5.92 Å². The Balaban J connectivity index is 3.19. The van der Waals surface area contributed by atoms with Crippen molar-refractivity contribution in [3.05, 3.63) is 34.1 Å². The molecule has 132 valence electrons. The summed E-state index contributed by atoms with van der Waals surface area (Å²) in [5.41, 5.74) is -1.83. The number of nitro groups is 1. The van der Waals surface area contributed by atoms with E-state index >= 15 is 0 Å². The van der Waals surface area contributed by atoms with Crippen molar-refractivity contribution in [2.45, 2.75) is 58.7 Å². The summed E-state index contributed by atoms with van der Waals surface area (Å²) in [5.74, 6) is -3.06. The molecular formula is C16H22N2O6. The summed E-state index contributed by atoms with van der Waals surface area (Å²) in [4.78, 5) is 38.8. The van der Waals surface area contributed by atoms with Crippen LogP contribution in [-0.4, -0.2) is 33.0 Å². The second-order valence-electron chi connectivity index (χ2n) is 7.20. The number of carbonyl (C=O) groups excluding carboxylic acids is 2. The van der Waals surface area contributed by atoms with E-state index in [1.54, 1.807) is 41.5 Å². The topological polar surface area (TPSA) is 109 Å². The molecule has 0 atom stereocenters. The number of carbonyl (C=O) groups is 2. The molecule has 0 spiro atoms. The molecule has 1 aromatic rings. The van der Waals surface area contributed by atoms with Crippen molar-refractivity contribution in [1.29, 1.82) is 0 Å². The summed E-state index contributed by atoms with van der Waals surface area (Å²) < 4.78 is 10.5. The smallest absolute Gasteiger partial charge is 0.327 e. The molecule has 1 rings (SSSR count). The first-order valence-corrected chi connectivity index (χ1v) is 7.36. The van der Waals surface area contributed by atoms with Gasteiger partial charge in [-0.05, 0) is 47.6 Å². The Morgan fingerprint density at radius 3 is 1.79 bits per heavy atom. The molecule has 8 nitrogen and oxygen atoms in total. The number of pyridine rings is 1. The molecule has 0 radical (unpaired) electrons. The number of esters is 2. The van der Waals surface area contributed by atoms with Crippen LogP contribution in [0.4, 0.5) is 5.69 Å². The minimum Gasteiger partial charge on any atom is -0.459 e. The van der Waals surface area contributed by atoms with Crippen LogP contribution in [0.5, 0.6) is 0 Å². The Bertz CT molecular complexity index is 597. The monoisotopic (exact) mass is 338 g/mol. The summed E-state index contributed by atoms with van der Waals surface area (Å²) in [7, 11) is 0. The summed E-state index contributed by atoms with van der Waals surface area (Å²) in [6, 6.07) is 2.42. The van der Waals surface area contributed by atoms with Crippen molar-refractivity contribution in [3.8, 4) is 0 Å². The van der Waals surface area contributed by atoms with Crippen LogP contribution < -0.4 is 0 Å². The van der Waals surface area contributed by atoms with Crippen LogP contribution in [0.15, 0.2) is 18.3 Å². The molecular weight excluding hydrogens is 316 g/mol. The molecule has 24 heavy (non-hydrogen) atoms. The quantitative estimate of drug-likeness (QED) is 0.359. The fraction of sp³-hybridized carbons (Fsp3) is 0.562. The highest BCUT2D eigenvalue weighted by atomic mass is 16.6. The van der Waals surface area contributed by atoms with Gasteiger partial charge >= 0.3 is 11.9 Å². The molecule has 0 amide bonds. The minimum absolute atomic E-state index is 0.0316. The zero-order valence-corrected chi connectivity index (χ0v) is 14.7. The third kappa shape index (κ3) is 5.94. The van der Waals surface area contributed by atoms with Gasteiger partial charge < -0.3 is 9.47 Å². The molecule has 1 aromatic heterocycles. The molecule has 0 fully saturated rings. The van der Waals surface area contributed by atoms with E-state index in [1.165, 1.54) is 12.1 Å². The molecule has 0 aliphatic rings. The second-order valence-corrected chi connectivity index (χ2v) is 7.20. The first kappa shape index (κ1) is 19.5. The van der Waals surface area contributed by atoms with Crippen LogP contribution in [0, 0.1) is 10.1 Å². The average Bonchev–Trinajstić information content (AvgIpc) is 2.34. The standard InChI is InChI=1S/C16H22N2O6/c1-15(2,3)23-13(19)12(14(20)24-16(4,5)6)11-8-7-10(9-17-11)18(21)22/h7-9,12H,1-6H3. The van der Waals surface area contributed by atoms with E-state index in [9.17, 15) is 19.7 Å². The lowest BCUT2D eigenvalue weighted by Crippen LogP contribution is -2.36. The van der Waals surface area contributed by atoms with Crippen LogP contribution in [0.25, 0.3) is 0 Å². The highest BCUT2D eigenvalue weighted by molar-refractivity contribution is 6.00. The van der Waals surface area contributed by atoms with Crippen molar-refractivity contribution >= 4 is 17.6 Å². The molecule has 0 saturated carbocycles. The number of nitrogens with zero attached hydrogens (tertiary/aromatic N) is 2. The third-order valence-electron chi connectivity index (χ3n) is 2.56. The Labute approximate surface area is 140 Å². The summed E-state index contributed by atoms with van der Waals surface area (Å²) in [5, 5.41) is 10.7. The van der Waals surface area contributed by atoms with E-state index in [1.807, 2.05) is 0 Å². The van der Waals surface area contributed by atoms with Crippen molar-refractivity contribution in [1.82, 2.24) is 4.98 Å². The number of ether oxygens (including phenoxy) is 2. The maximum absolute atomic E-state index is 12.4. The largest absolute Gasteiger partial charge is 0.459 e. The first-order valence-electron chi connectivity index (χ1n) is 7.36. The predicted molar refractivity (Wildman–Crippen MR) is 85.3 cm³/mol. The van der Waals surface area contributed by atoms with Gasteiger partial charge in [0.05, 0.1) is 10.6 Å². The number of aromatic nitrogens is 1. The number of rotatable bonds is 4. The van der Waals surface area contributed by atoms with Crippen molar-refractivity contribution < 1.29 is 24.0 Å². The van der Waals surface area contributed by atoms with Crippen molar-refractivity contribution in [3.63, 3.8) is 0 Å². The van der Waals surface area contributed by atoms with Gasteiger partial charge in [0, 0.05) is 6.07 Å².